The predicted molar refractivity (Wildman–Crippen MR) is 87.8 cm³/mol. The molecule has 0 atom stereocenters. The van der Waals surface area contributed by atoms with Gasteiger partial charge in [-0.2, -0.15) is 4.98 Å². The predicted octanol–water partition coefficient (Wildman–Crippen LogP) is 3.30. The highest BCUT2D eigenvalue weighted by Crippen LogP contribution is 2.35. The summed E-state index contributed by atoms with van der Waals surface area (Å²) in [6.07, 6.45) is 2.91. The molecule has 7 heteroatoms. The molecule has 6 nitrogen and oxygen atoms in total. The van der Waals surface area contributed by atoms with Gasteiger partial charge in [0, 0.05) is 29.6 Å². The molecule has 0 saturated carbocycles. The number of ether oxygens (including phenoxy) is 1. The van der Waals surface area contributed by atoms with E-state index < -0.39 is 5.97 Å². The van der Waals surface area contributed by atoms with E-state index in [4.69, 9.17) is 14.3 Å². The first-order valence-corrected chi connectivity index (χ1v) is 8.15. The smallest absolute Gasteiger partial charge is 0.357 e. The second-order valence-electron chi connectivity index (χ2n) is 5.60. The molecule has 1 saturated heterocycles. The fourth-order valence-electron chi connectivity index (χ4n) is 2.83. The summed E-state index contributed by atoms with van der Waals surface area (Å²) in [6, 6.07) is 8.50. The van der Waals surface area contributed by atoms with Crippen molar-refractivity contribution >= 4 is 27.9 Å². The van der Waals surface area contributed by atoms with E-state index >= 15 is 0 Å². The molecule has 0 bridgehead atoms. The Balaban J connectivity index is 1.78. The Morgan fingerprint density at radius 2 is 2.00 bits per heavy atom. The number of rotatable bonds is 5. The number of oxazole rings is 1. The lowest BCUT2D eigenvalue weighted by atomic mass is 9.74. The third kappa shape index (κ3) is 3.56. The number of hydrogen-bond acceptors (Lipinski definition) is 5. The van der Waals surface area contributed by atoms with E-state index in [-0.39, 0.29) is 17.1 Å². The standard InChI is InChI=1S/C16H17BrN2O4/c17-12-3-1-11(2-4-12)16(5-7-22-8-6-16)10-18-15-19-13(9-23-15)14(20)21/h1-4,9H,5-8,10H2,(H,18,19)(H,20,21). The van der Waals surface area contributed by atoms with E-state index in [2.05, 4.69) is 38.4 Å². The number of aromatic nitrogens is 1. The van der Waals surface area contributed by atoms with Crippen LogP contribution in [0.15, 0.2) is 39.4 Å². The first-order valence-electron chi connectivity index (χ1n) is 7.36. The van der Waals surface area contributed by atoms with Crippen molar-refractivity contribution in [3.8, 4) is 0 Å². The quantitative estimate of drug-likeness (QED) is 0.827. The van der Waals surface area contributed by atoms with Crippen molar-refractivity contribution in [2.45, 2.75) is 18.3 Å². The molecule has 23 heavy (non-hydrogen) atoms. The maximum absolute atomic E-state index is 10.9. The fraction of sp³-hybridized carbons (Fsp3) is 0.375. The van der Waals surface area contributed by atoms with E-state index in [0.29, 0.717) is 19.8 Å². The van der Waals surface area contributed by atoms with Crippen LogP contribution in [0.5, 0.6) is 0 Å². The van der Waals surface area contributed by atoms with Gasteiger partial charge >= 0.3 is 5.97 Å². The van der Waals surface area contributed by atoms with E-state index in [1.165, 1.54) is 5.56 Å². The number of benzene rings is 1. The summed E-state index contributed by atoms with van der Waals surface area (Å²) in [4.78, 5) is 14.8. The van der Waals surface area contributed by atoms with E-state index in [1.807, 2.05) is 12.1 Å². The number of carboxylic acids is 1. The maximum atomic E-state index is 10.9. The number of carbonyl (C=O) groups is 1. The Labute approximate surface area is 142 Å². The molecule has 3 rings (SSSR count). The number of carboxylic acid groups (broad SMARTS) is 1. The van der Waals surface area contributed by atoms with Crippen LogP contribution < -0.4 is 5.32 Å². The molecule has 2 heterocycles. The van der Waals surface area contributed by atoms with Crippen molar-refractivity contribution in [1.82, 2.24) is 4.98 Å². The van der Waals surface area contributed by atoms with Gasteiger partial charge in [-0.25, -0.2) is 4.79 Å². The van der Waals surface area contributed by atoms with E-state index in [0.717, 1.165) is 23.6 Å². The van der Waals surface area contributed by atoms with Crippen LogP contribution in [0.2, 0.25) is 0 Å². The molecule has 1 aliphatic heterocycles. The molecule has 1 aliphatic rings. The zero-order valence-electron chi connectivity index (χ0n) is 12.4. The van der Waals surface area contributed by atoms with Crippen LogP contribution in [0.4, 0.5) is 6.01 Å². The Hall–Kier alpha value is -1.86. The number of nitrogens with zero attached hydrogens (tertiary/aromatic N) is 1. The third-order valence-corrected chi connectivity index (χ3v) is 4.74. The molecule has 2 N–H and O–H groups in total. The number of aromatic carboxylic acids is 1. The minimum atomic E-state index is -1.10. The largest absolute Gasteiger partial charge is 0.476 e. The molecule has 0 aliphatic carbocycles. The van der Waals surface area contributed by atoms with Crippen LogP contribution in [0, 0.1) is 0 Å². The SMILES string of the molecule is O=C(O)c1coc(NCC2(c3ccc(Br)cc3)CCOCC2)n1. The van der Waals surface area contributed by atoms with Gasteiger partial charge in [-0.05, 0) is 30.5 Å². The number of hydrogen-bond donors (Lipinski definition) is 2. The second-order valence-corrected chi connectivity index (χ2v) is 6.51. The minimum absolute atomic E-state index is 0.0865. The summed E-state index contributed by atoms with van der Waals surface area (Å²) in [5.41, 5.74) is 1.04. The topological polar surface area (TPSA) is 84.6 Å². The highest BCUT2D eigenvalue weighted by atomic mass is 79.9. The van der Waals surface area contributed by atoms with Crippen LogP contribution in [0.3, 0.4) is 0 Å². The fourth-order valence-corrected chi connectivity index (χ4v) is 3.10. The molecule has 122 valence electrons. The molecule has 0 radical (unpaired) electrons. The van der Waals surface area contributed by atoms with Crippen LogP contribution in [0.25, 0.3) is 0 Å². The number of halogens is 1. The number of nitrogens with one attached hydrogen (secondary N) is 1. The van der Waals surface area contributed by atoms with Gasteiger partial charge in [-0.1, -0.05) is 28.1 Å². The first-order chi connectivity index (χ1) is 11.1. The monoisotopic (exact) mass is 380 g/mol. The lowest BCUT2D eigenvalue weighted by molar-refractivity contribution is 0.0542. The van der Waals surface area contributed by atoms with Crippen molar-refractivity contribution in [3.05, 3.63) is 46.3 Å². The highest BCUT2D eigenvalue weighted by molar-refractivity contribution is 9.10. The van der Waals surface area contributed by atoms with Gasteiger partial charge in [0.2, 0.25) is 0 Å². The zero-order valence-corrected chi connectivity index (χ0v) is 14.0. The van der Waals surface area contributed by atoms with E-state index in [9.17, 15) is 4.79 Å². The summed E-state index contributed by atoms with van der Waals surface area (Å²) in [5.74, 6) is -1.10. The molecule has 0 amide bonds. The Kier molecular flexibility index (Phi) is 4.68. The number of anilines is 1. The molecule has 0 unspecified atom stereocenters. The van der Waals surface area contributed by atoms with Crippen molar-refractivity contribution in [1.29, 1.82) is 0 Å². The van der Waals surface area contributed by atoms with Gasteiger partial charge in [-0.3, -0.25) is 0 Å². The lowest BCUT2D eigenvalue weighted by Crippen LogP contribution is -2.40. The average Bonchev–Trinajstić information content (AvgIpc) is 3.04. The molecular weight excluding hydrogens is 364 g/mol. The Morgan fingerprint density at radius 3 is 2.61 bits per heavy atom. The van der Waals surface area contributed by atoms with Crippen LogP contribution in [-0.2, 0) is 10.2 Å². The van der Waals surface area contributed by atoms with Crippen molar-refractivity contribution in [2.75, 3.05) is 25.1 Å². The molecule has 1 aromatic heterocycles. The Morgan fingerprint density at radius 1 is 1.30 bits per heavy atom. The molecular formula is C16H17BrN2O4. The molecule has 1 aromatic carbocycles. The molecule has 1 fully saturated rings. The van der Waals surface area contributed by atoms with Crippen molar-refractivity contribution in [2.24, 2.45) is 0 Å². The van der Waals surface area contributed by atoms with Gasteiger partial charge in [0.05, 0.1) is 0 Å². The van der Waals surface area contributed by atoms with Gasteiger partial charge in [0.15, 0.2) is 5.69 Å². The minimum Gasteiger partial charge on any atom is -0.476 e. The lowest BCUT2D eigenvalue weighted by Gasteiger charge is -2.37. The summed E-state index contributed by atoms with van der Waals surface area (Å²) >= 11 is 3.46. The Bertz CT molecular complexity index is 678. The second kappa shape index (κ2) is 6.72. The van der Waals surface area contributed by atoms with E-state index in [1.54, 1.807) is 0 Å². The van der Waals surface area contributed by atoms with Gasteiger partial charge < -0.3 is 19.6 Å². The highest BCUT2D eigenvalue weighted by Gasteiger charge is 2.34. The normalized spacial score (nSPS) is 16.9. The maximum Gasteiger partial charge on any atom is 0.357 e. The van der Waals surface area contributed by atoms with Crippen LogP contribution >= 0.6 is 15.9 Å². The summed E-state index contributed by atoms with van der Waals surface area (Å²) in [6.45, 7) is 2.00. The summed E-state index contributed by atoms with van der Waals surface area (Å²) in [5, 5.41) is 12.0. The zero-order chi connectivity index (χ0) is 16.3. The van der Waals surface area contributed by atoms with Gasteiger partial charge in [0.1, 0.15) is 6.26 Å². The first kappa shape index (κ1) is 16.0. The van der Waals surface area contributed by atoms with Crippen LogP contribution in [-0.4, -0.2) is 35.8 Å². The third-order valence-electron chi connectivity index (χ3n) is 4.21. The van der Waals surface area contributed by atoms with Gasteiger partial charge in [0.25, 0.3) is 6.01 Å². The van der Waals surface area contributed by atoms with Crippen molar-refractivity contribution < 1.29 is 19.1 Å². The van der Waals surface area contributed by atoms with Crippen LogP contribution in [0.1, 0.15) is 28.9 Å². The summed E-state index contributed by atoms with van der Waals surface area (Å²) < 4.78 is 11.7. The van der Waals surface area contributed by atoms with Gasteiger partial charge in [-0.15, -0.1) is 0 Å². The summed E-state index contributed by atoms with van der Waals surface area (Å²) in [7, 11) is 0. The molecule has 0 spiro atoms. The average molecular weight is 381 g/mol. The van der Waals surface area contributed by atoms with Crippen molar-refractivity contribution in [3.63, 3.8) is 0 Å². The molecule has 2 aromatic rings.